The lowest BCUT2D eigenvalue weighted by atomic mass is 10.1. The summed E-state index contributed by atoms with van der Waals surface area (Å²) in [6.45, 7) is 4.36. The summed E-state index contributed by atoms with van der Waals surface area (Å²) < 4.78 is 4.95. The second-order valence-electron chi connectivity index (χ2n) is 3.76. The molecule has 0 fully saturated rings. The number of nitrogens with zero attached hydrogens (tertiary/aromatic N) is 1. The minimum Gasteiger partial charge on any atom is -0.478 e. The minimum atomic E-state index is -0.913. The third-order valence-corrected chi connectivity index (χ3v) is 3.32. The molecule has 0 aliphatic heterocycles. The highest BCUT2D eigenvalue weighted by molar-refractivity contribution is 7.99. The number of aromatic nitrogens is 1. The monoisotopic (exact) mass is 255 g/mol. The zero-order valence-corrected chi connectivity index (χ0v) is 11.1. The number of carboxylic acids is 1. The van der Waals surface area contributed by atoms with E-state index in [2.05, 4.69) is 4.98 Å². The van der Waals surface area contributed by atoms with Gasteiger partial charge in [-0.25, -0.2) is 9.78 Å². The molecule has 1 aromatic heterocycles. The van der Waals surface area contributed by atoms with E-state index >= 15 is 0 Å². The van der Waals surface area contributed by atoms with Crippen molar-refractivity contribution in [1.82, 2.24) is 4.98 Å². The molecule has 0 aliphatic carbocycles. The summed E-state index contributed by atoms with van der Waals surface area (Å²) in [7, 11) is 1.66. The summed E-state index contributed by atoms with van der Waals surface area (Å²) in [6, 6.07) is 1.79. The Kier molecular flexibility index (Phi) is 5.44. The van der Waals surface area contributed by atoms with Gasteiger partial charge < -0.3 is 9.84 Å². The number of hydrogen-bond acceptors (Lipinski definition) is 4. The minimum absolute atomic E-state index is 0.318. The van der Waals surface area contributed by atoms with E-state index in [-0.39, 0.29) is 0 Å². The van der Waals surface area contributed by atoms with Crippen LogP contribution in [0.3, 0.4) is 0 Å². The third-order valence-electron chi connectivity index (χ3n) is 2.26. The summed E-state index contributed by atoms with van der Waals surface area (Å²) in [4.78, 5) is 15.5. The lowest BCUT2D eigenvalue weighted by molar-refractivity contribution is 0.0691. The first-order chi connectivity index (χ1) is 8.06. The molecule has 0 radical (unpaired) electrons. The highest BCUT2D eigenvalue weighted by Crippen LogP contribution is 2.24. The van der Waals surface area contributed by atoms with Gasteiger partial charge in [-0.05, 0) is 31.9 Å². The average Bonchev–Trinajstić information content (AvgIpc) is 2.22. The smallest absolute Gasteiger partial charge is 0.338 e. The second-order valence-corrected chi connectivity index (χ2v) is 4.84. The fourth-order valence-electron chi connectivity index (χ4n) is 1.54. The van der Waals surface area contributed by atoms with Crippen molar-refractivity contribution in [1.29, 1.82) is 0 Å². The third kappa shape index (κ3) is 4.02. The number of carbonyl (C=O) groups is 1. The van der Waals surface area contributed by atoms with Gasteiger partial charge in [0.05, 0.1) is 5.56 Å². The normalized spacial score (nSPS) is 10.5. The van der Waals surface area contributed by atoms with E-state index in [4.69, 9.17) is 9.84 Å². The molecule has 0 atom stereocenters. The molecule has 17 heavy (non-hydrogen) atoms. The molecule has 4 nitrogen and oxygen atoms in total. The summed E-state index contributed by atoms with van der Waals surface area (Å²) in [6.07, 6.45) is 0.884. The number of aromatic carboxylic acids is 1. The predicted molar refractivity (Wildman–Crippen MR) is 67.9 cm³/mol. The van der Waals surface area contributed by atoms with Crippen molar-refractivity contribution >= 4 is 17.7 Å². The first kappa shape index (κ1) is 14.0. The van der Waals surface area contributed by atoms with Crippen molar-refractivity contribution in [2.75, 3.05) is 19.5 Å². The molecule has 1 rings (SSSR count). The van der Waals surface area contributed by atoms with Gasteiger partial charge >= 0.3 is 5.97 Å². The average molecular weight is 255 g/mol. The van der Waals surface area contributed by atoms with Crippen molar-refractivity contribution in [3.63, 3.8) is 0 Å². The Morgan fingerprint density at radius 1 is 1.53 bits per heavy atom. The van der Waals surface area contributed by atoms with Crippen LogP contribution < -0.4 is 0 Å². The van der Waals surface area contributed by atoms with Gasteiger partial charge in [0.25, 0.3) is 0 Å². The number of carboxylic acid groups (broad SMARTS) is 1. The molecule has 0 saturated carbocycles. The van der Waals surface area contributed by atoms with Gasteiger partial charge in [-0.2, -0.15) is 0 Å². The highest BCUT2D eigenvalue weighted by Gasteiger charge is 2.15. The first-order valence-electron chi connectivity index (χ1n) is 5.39. The van der Waals surface area contributed by atoms with E-state index in [0.29, 0.717) is 17.2 Å². The molecule has 0 spiro atoms. The zero-order valence-electron chi connectivity index (χ0n) is 10.3. The lowest BCUT2D eigenvalue weighted by Crippen LogP contribution is -2.06. The van der Waals surface area contributed by atoms with Crippen molar-refractivity contribution in [3.8, 4) is 0 Å². The first-order valence-corrected chi connectivity index (χ1v) is 6.38. The van der Waals surface area contributed by atoms with Gasteiger partial charge in [0.2, 0.25) is 0 Å². The zero-order chi connectivity index (χ0) is 12.8. The van der Waals surface area contributed by atoms with Gasteiger partial charge in [-0.15, -0.1) is 11.8 Å². The maximum absolute atomic E-state index is 11.2. The number of hydrogen-bond donors (Lipinski definition) is 1. The van der Waals surface area contributed by atoms with E-state index in [1.165, 1.54) is 11.8 Å². The van der Waals surface area contributed by atoms with Crippen molar-refractivity contribution < 1.29 is 14.6 Å². The molecule has 0 aromatic carbocycles. The number of methoxy groups -OCH3 is 1. The van der Waals surface area contributed by atoms with Crippen LogP contribution in [0.4, 0.5) is 0 Å². The SMILES string of the molecule is COCCCSc1nc(C)cc(C)c1C(=O)O. The molecule has 0 saturated heterocycles. The van der Waals surface area contributed by atoms with Crippen LogP contribution in [0, 0.1) is 13.8 Å². The molecular weight excluding hydrogens is 238 g/mol. The van der Waals surface area contributed by atoms with Gasteiger partial charge in [-0.1, -0.05) is 0 Å². The molecule has 0 aliphatic rings. The Morgan fingerprint density at radius 3 is 2.82 bits per heavy atom. The Hall–Kier alpha value is -1.07. The summed E-state index contributed by atoms with van der Waals surface area (Å²) >= 11 is 1.47. The van der Waals surface area contributed by atoms with Crippen molar-refractivity contribution in [2.24, 2.45) is 0 Å². The number of rotatable bonds is 6. The Balaban J connectivity index is 2.85. The fraction of sp³-hybridized carbons (Fsp3) is 0.500. The Morgan fingerprint density at radius 2 is 2.24 bits per heavy atom. The number of pyridine rings is 1. The molecular formula is C12H17NO3S. The van der Waals surface area contributed by atoms with Crippen LogP contribution in [0.15, 0.2) is 11.1 Å². The van der Waals surface area contributed by atoms with Crippen LogP contribution in [0.5, 0.6) is 0 Å². The predicted octanol–water partition coefficient (Wildman–Crippen LogP) is 2.53. The van der Waals surface area contributed by atoms with Crippen LogP contribution in [0.2, 0.25) is 0 Å². The Bertz CT molecular complexity index is 407. The van der Waals surface area contributed by atoms with E-state index in [0.717, 1.165) is 23.4 Å². The van der Waals surface area contributed by atoms with Crippen LogP contribution in [0.25, 0.3) is 0 Å². The van der Waals surface area contributed by atoms with E-state index < -0.39 is 5.97 Å². The van der Waals surface area contributed by atoms with Crippen LogP contribution in [0.1, 0.15) is 28.0 Å². The summed E-state index contributed by atoms with van der Waals surface area (Å²) in [5, 5.41) is 9.76. The molecule has 0 bridgehead atoms. The van der Waals surface area contributed by atoms with E-state index in [1.807, 2.05) is 6.92 Å². The van der Waals surface area contributed by atoms with Crippen LogP contribution >= 0.6 is 11.8 Å². The van der Waals surface area contributed by atoms with Gasteiger partial charge in [-0.3, -0.25) is 0 Å². The maximum atomic E-state index is 11.2. The number of thioether (sulfide) groups is 1. The standard InChI is InChI=1S/C12H17NO3S/c1-8-7-9(2)13-11(10(8)12(14)15)17-6-4-5-16-3/h7H,4-6H2,1-3H3,(H,14,15). The molecule has 5 heteroatoms. The molecule has 94 valence electrons. The van der Waals surface area contributed by atoms with Crippen molar-refractivity contribution in [2.45, 2.75) is 25.3 Å². The summed E-state index contributed by atoms with van der Waals surface area (Å²) in [5.41, 5.74) is 1.93. The number of ether oxygens (including phenoxy) is 1. The van der Waals surface area contributed by atoms with Crippen molar-refractivity contribution in [3.05, 3.63) is 22.9 Å². The second kappa shape index (κ2) is 6.61. The molecule has 0 unspecified atom stereocenters. The van der Waals surface area contributed by atoms with E-state index in [9.17, 15) is 4.79 Å². The lowest BCUT2D eigenvalue weighted by Gasteiger charge is -2.09. The highest BCUT2D eigenvalue weighted by atomic mass is 32.2. The largest absolute Gasteiger partial charge is 0.478 e. The number of aryl methyl sites for hydroxylation is 2. The summed E-state index contributed by atoms with van der Waals surface area (Å²) in [5.74, 6) is -0.103. The van der Waals surface area contributed by atoms with Crippen LogP contribution in [-0.2, 0) is 4.74 Å². The molecule has 0 amide bonds. The molecule has 1 aromatic rings. The van der Waals surface area contributed by atoms with Gasteiger partial charge in [0, 0.05) is 25.2 Å². The molecule has 1 heterocycles. The maximum Gasteiger partial charge on any atom is 0.338 e. The van der Waals surface area contributed by atoms with Crippen LogP contribution in [-0.4, -0.2) is 35.5 Å². The quantitative estimate of drug-likeness (QED) is 0.625. The van der Waals surface area contributed by atoms with Gasteiger partial charge in [0.1, 0.15) is 5.03 Å². The molecule has 1 N–H and O–H groups in total. The van der Waals surface area contributed by atoms with Gasteiger partial charge in [0.15, 0.2) is 0 Å². The topological polar surface area (TPSA) is 59.4 Å². The van der Waals surface area contributed by atoms with E-state index in [1.54, 1.807) is 20.1 Å². The Labute approximate surface area is 105 Å². The fourth-order valence-corrected chi connectivity index (χ4v) is 2.60.